The van der Waals surface area contributed by atoms with Crippen molar-refractivity contribution in [1.29, 1.82) is 0 Å². The van der Waals surface area contributed by atoms with E-state index in [2.05, 4.69) is 9.97 Å². The van der Waals surface area contributed by atoms with Crippen LogP contribution in [-0.2, 0) is 4.74 Å². The number of hydrogen-bond acceptors (Lipinski definition) is 5. The zero-order valence-electron chi connectivity index (χ0n) is 14.7. The summed E-state index contributed by atoms with van der Waals surface area (Å²) in [5, 5.41) is 0. The number of fused-ring (bicyclic) bond motifs is 1. The molecule has 2 aliphatic rings. The van der Waals surface area contributed by atoms with Gasteiger partial charge in [0.05, 0.1) is 24.5 Å². The highest BCUT2D eigenvalue weighted by molar-refractivity contribution is 5.94. The summed E-state index contributed by atoms with van der Waals surface area (Å²) in [5.41, 5.74) is 0.454. The van der Waals surface area contributed by atoms with Gasteiger partial charge in [-0.25, -0.2) is 0 Å². The molecule has 1 amide bonds. The molecule has 0 N–H and O–H groups in total. The second-order valence-electron chi connectivity index (χ2n) is 7.06. The van der Waals surface area contributed by atoms with Gasteiger partial charge in [-0.3, -0.25) is 14.8 Å². The van der Waals surface area contributed by atoms with Gasteiger partial charge in [-0.15, -0.1) is 0 Å². The summed E-state index contributed by atoms with van der Waals surface area (Å²) < 4.78 is 12.1. The van der Waals surface area contributed by atoms with E-state index in [1.165, 1.54) is 0 Å². The lowest BCUT2D eigenvalue weighted by Crippen LogP contribution is -2.58. The predicted molar refractivity (Wildman–Crippen MR) is 95.9 cm³/mol. The number of ether oxygens (including phenoxy) is 2. The number of carbonyl (C=O) groups excluding carboxylic acids is 1. The molecule has 0 saturated carbocycles. The van der Waals surface area contributed by atoms with Crippen molar-refractivity contribution in [3.63, 3.8) is 0 Å². The van der Waals surface area contributed by atoms with E-state index in [9.17, 15) is 4.79 Å². The summed E-state index contributed by atoms with van der Waals surface area (Å²) in [4.78, 5) is 23.0. The second-order valence-corrected chi connectivity index (χ2v) is 7.06. The highest BCUT2D eigenvalue weighted by Crippen LogP contribution is 2.41. The molecule has 4 heterocycles. The molecular weight excluding hydrogens is 330 g/mol. The number of likely N-dealkylation sites (tertiary alicyclic amines) is 1. The molecule has 26 heavy (non-hydrogen) atoms. The molecule has 2 atom stereocenters. The third kappa shape index (κ3) is 3.42. The first-order valence-electron chi connectivity index (χ1n) is 9.11. The Morgan fingerprint density at radius 1 is 1.27 bits per heavy atom. The minimum absolute atomic E-state index is 0.0304. The van der Waals surface area contributed by atoms with Crippen LogP contribution in [0.2, 0.25) is 0 Å². The molecule has 136 valence electrons. The maximum absolute atomic E-state index is 12.9. The van der Waals surface area contributed by atoms with Crippen LogP contribution in [0.3, 0.4) is 0 Å². The van der Waals surface area contributed by atoms with Crippen LogP contribution in [0.5, 0.6) is 5.75 Å². The van der Waals surface area contributed by atoms with Crippen molar-refractivity contribution in [2.45, 2.75) is 25.4 Å². The number of pyridine rings is 2. The standard InChI is InChI=1S/C20H23N3O3/c24-19(16-4-1-8-21-12-16)23-10-6-18-20(14-23,7-3-11-25-18)15-26-17-5-2-9-22-13-17/h1-2,4-5,8-9,12-13,18H,3,6-7,10-11,14-15H2. The lowest BCUT2D eigenvalue weighted by Gasteiger charge is -2.50. The molecule has 2 saturated heterocycles. The highest BCUT2D eigenvalue weighted by atomic mass is 16.5. The first kappa shape index (κ1) is 17.0. The van der Waals surface area contributed by atoms with Crippen LogP contribution in [0.25, 0.3) is 0 Å². The van der Waals surface area contributed by atoms with E-state index in [1.807, 2.05) is 23.1 Å². The second kappa shape index (κ2) is 7.41. The topological polar surface area (TPSA) is 64.6 Å². The molecule has 0 aliphatic carbocycles. The molecule has 0 bridgehead atoms. The molecular formula is C20H23N3O3. The molecule has 0 spiro atoms. The van der Waals surface area contributed by atoms with Crippen LogP contribution in [-0.4, -0.2) is 53.2 Å². The van der Waals surface area contributed by atoms with Gasteiger partial charge in [0.25, 0.3) is 5.91 Å². The Hall–Kier alpha value is -2.47. The van der Waals surface area contributed by atoms with Gasteiger partial charge in [-0.05, 0) is 43.5 Å². The number of aromatic nitrogens is 2. The van der Waals surface area contributed by atoms with Gasteiger partial charge in [0.15, 0.2) is 0 Å². The van der Waals surface area contributed by atoms with Crippen LogP contribution in [0, 0.1) is 5.41 Å². The fraction of sp³-hybridized carbons (Fsp3) is 0.450. The van der Waals surface area contributed by atoms with E-state index in [0.29, 0.717) is 25.3 Å². The third-order valence-electron chi connectivity index (χ3n) is 5.34. The number of rotatable bonds is 4. The molecule has 2 fully saturated rings. The van der Waals surface area contributed by atoms with Crippen molar-refractivity contribution in [3.05, 3.63) is 54.6 Å². The van der Waals surface area contributed by atoms with Gasteiger partial charge in [0.1, 0.15) is 5.75 Å². The van der Waals surface area contributed by atoms with Crippen molar-refractivity contribution in [3.8, 4) is 5.75 Å². The van der Waals surface area contributed by atoms with Gasteiger partial charge >= 0.3 is 0 Å². The molecule has 2 aromatic heterocycles. The largest absolute Gasteiger partial charge is 0.491 e. The van der Waals surface area contributed by atoms with Crippen LogP contribution in [0.1, 0.15) is 29.6 Å². The maximum Gasteiger partial charge on any atom is 0.255 e. The molecule has 4 rings (SSSR count). The SMILES string of the molecule is O=C(c1cccnc1)N1CCC2OCCCC2(COc2cccnc2)C1. The van der Waals surface area contributed by atoms with Crippen LogP contribution in [0.15, 0.2) is 49.1 Å². The smallest absolute Gasteiger partial charge is 0.255 e. The fourth-order valence-corrected chi connectivity index (χ4v) is 4.01. The predicted octanol–water partition coefficient (Wildman–Crippen LogP) is 2.57. The number of hydrogen-bond donors (Lipinski definition) is 0. The molecule has 0 aromatic carbocycles. The number of nitrogens with zero attached hydrogens (tertiary/aromatic N) is 3. The van der Waals surface area contributed by atoms with Crippen molar-refractivity contribution < 1.29 is 14.3 Å². The number of amides is 1. The Morgan fingerprint density at radius 3 is 2.88 bits per heavy atom. The average Bonchev–Trinajstić information content (AvgIpc) is 2.73. The zero-order chi connectivity index (χ0) is 17.8. The molecule has 6 heteroatoms. The summed E-state index contributed by atoms with van der Waals surface area (Å²) in [7, 11) is 0. The Balaban J connectivity index is 1.52. The minimum Gasteiger partial charge on any atom is -0.491 e. The Morgan fingerprint density at radius 2 is 2.12 bits per heavy atom. The summed E-state index contributed by atoms with van der Waals surface area (Å²) >= 11 is 0. The first-order valence-corrected chi connectivity index (χ1v) is 9.11. The Bertz CT molecular complexity index is 740. The lowest BCUT2D eigenvalue weighted by molar-refractivity contribution is -0.133. The quantitative estimate of drug-likeness (QED) is 0.845. The van der Waals surface area contributed by atoms with E-state index in [-0.39, 0.29) is 17.4 Å². The Kier molecular flexibility index (Phi) is 4.84. The van der Waals surface area contributed by atoms with Gasteiger partial charge in [0, 0.05) is 43.7 Å². The van der Waals surface area contributed by atoms with Crippen molar-refractivity contribution in [1.82, 2.24) is 14.9 Å². The van der Waals surface area contributed by atoms with E-state index in [4.69, 9.17) is 9.47 Å². The fourth-order valence-electron chi connectivity index (χ4n) is 4.01. The zero-order valence-corrected chi connectivity index (χ0v) is 14.7. The molecule has 6 nitrogen and oxygen atoms in total. The van der Waals surface area contributed by atoms with E-state index < -0.39 is 0 Å². The molecule has 0 radical (unpaired) electrons. The van der Waals surface area contributed by atoms with Gasteiger partial charge in [-0.2, -0.15) is 0 Å². The van der Waals surface area contributed by atoms with Gasteiger partial charge < -0.3 is 14.4 Å². The van der Waals surface area contributed by atoms with E-state index in [0.717, 1.165) is 31.6 Å². The average molecular weight is 353 g/mol. The number of carbonyl (C=O) groups is 1. The summed E-state index contributed by atoms with van der Waals surface area (Å²) in [5.74, 6) is 0.782. The van der Waals surface area contributed by atoms with Crippen molar-refractivity contribution in [2.75, 3.05) is 26.3 Å². The van der Waals surface area contributed by atoms with Crippen molar-refractivity contribution >= 4 is 5.91 Å². The monoisotopic (exact) mass is 353 g/mol. The summed E-state index contributed by atoms with van der Waals surface area (Å²) in [6.45, 7) is 2.66. The third-order valence-corrected chi connectivity index (χ3v) is 5.34. The van der Waals surface area contributed by atoms with E-state index >= 15 is 0 Å². The van der Waals surface area contributed by atoms with Crippen LogP contribution < -0.4 is 4.74 Å². The van der Waals surface area contributed by atoms with Crippen LogP contribution >= 0.6 is 0 Å². The van der Waals surface area contributed by atoms with Crippen LogP contribution in [0.4, 0.5) is 0 Å². The first-order chi connectivity index (χ1) is 12.8. The van der Waals surface area contributed by atoms with Gasteiger partial charge in [0.2, 0.25) is 0 Å². The lowest BCUT2D eigenvalue weighted by atomic mass is 9.73. The van der Waals surface area contributed by atoms with Gasteiger partial charge in [-0.1, -0.05) is 0 Å². The normalized spacial score (nSPS) is 25.4. The molecule has 2 aromatic rings. The van der Waals surface area contributed by atoms with Crippen molar-refractivity contribution in [2.24, 2.45) is 5.41 Å². The summed E-state index contributed by atoms with van der Waals surface area (Å²) in [6.07, 6.45) is 9.71. The minimum atomic E-state index is -0.176. The highest BCUT2D eigenvalue weighted by Gasteiger charge is 2.47. The maximum atomic E-state index is 12.9. The summed E-state index contributed by atoms with van der Waals surface area (Å²) in [6, 6.07) is 7.38. The molecule has 2 unspecified atom stereocenters. The Labute approximate surface area is 153 Å². The van der Waals surface area contributed by atoms with E-state index in [1.54, 1.807) is 30.9 Å². The number of piperidine rings is 1. The molecule has 2 aliphatic heterocycles.